The zero-order valence-electron chi connectivity index (χ0n) is 13.7. The molecular formula is C15H31N3O. The molecule has 0 aromatic carbocycles. The summed E-state index contributed by atoms with van der Waals surface area (Å²) in [6.45, 7) is 17.2. The van der Waals surface area contributed by atoms with Crippen molar-refractivity contribution < 1.29 is 4.79 Å². The number of hydrogen-bond donors (Lipinski definition) is 2. The molecule has 1 aliphatic heterocycles. The number of carbonyl (C=O) groups excluding carboxylic acids is 1. The average Bonchev–Trinajstić information content (AvgIpc) is 2.22. The van der Waals surface area contributed by atoms with E-state index in [9.17, 15) is 4.79 Å². The maximum atomic E-state index is 12.4. The van der Waals surface area contributed by atoms with Crippen molar-refractivity contribution in [2.45, 2.75) is 71.5 Å². The summed E-state index contributed by atoms with van der Waals surface area (Å²) in [6.07, 6.45) is 1.00. The maximum Gasteiger partial charge on any atom is 0.242 e. The van der Waals surface area contributed by atoms with E-state index >= 15 is 0 Å². The first-order chi connectivity index (χ1) is 8.49. The van der Waals surface area contributed by atoms with Crippen LogP contribution < -0.4 is 10.6 Å². The van der Waals surface area contributed by atoms with Crippen LogP contribution in [0.15, 0.2) is 0 Å². The molecule has 1 unspecified atom stereocenters. The van der Waals surface area contributed by atoms with E-state index in [4.69, 9.17) is 0 Å². The van der Waals surface area contributed by atoms with Crippen LogP contribution in [-0.2, 0) is 4.79 Å². The molecule has 0 aliphatic carbocycles. The second-order valence-corrected chi connectivity index (χ2v) is 7.64. The Morgan fingerprint density at radius 3 is 2.37 bits per heavy atom. The topological polar surface area (TPSA) is 44.4 Å². The fourth-order valence-electron chi connectivity index (χ4n) is 2.75. The van der Waals surface area contributed by atoms with Crippen LogP contribution in [0, 0.1) is 0 Å². The number of carbonyl (C=O) groups is 1. The van der Waals surface area contributed by atoms with Crippen LogP contribution in [0.5, 0.6) is 0 Å². The minimum atomic E-state index is -0.484. The van der Waals surface area contributed by atoms with E-state index in [0.717, 1.165) is 26.1 Å². The average molecular weight is 269 g/mol. The molecule has 1 amide bonds. The molecule has 1 saturated heterocycles. The first-order valence-corrected chi connectivity index (χ1v) is 7.33. The highest BCUT2D eigenvalue weighted by atomic mass is 16.2. The van der Waals surface area contributed by atoms with Crippen LogP contribution in [0.1, 0.15) is 54.9 Å². The Bertz CT molecular complexity index is 333. The zero-order valence-corrected chi connectivity index (χ0v) is 13.7. The van der Waals surface area contributed by atoms with E-state index < -0.39 is 5.54 Å². The summed E-state index contributed by atoms with van der Waals surface area (Å²) < 4.78 is 0. The van der Waals surface area contributed by atoms with Gasteiger partial charge in [0.1, 0.15) is 0 Å². The molecule has 4 heteroatoms. The molecule has 0 radical (unpaired) electrons. The summed E-state index contributed by atoms with van der Waals surface area (Å²) in [4.78, 5) is 14.4. The molecule has 0 spiro atoms. The van der Waals surface area contributed by atoms with E-state index in [2.05, 4.69) is 45.3 Å². The lowest BCUT2D eigenvalue weighted by atomic mass is 9.88. The third-order valence-electron chi connectivity index (χ3n) is 3.48. The van der Waals surface area contributed by atoms with Crippen LogP contribution in [0.2, 0.25) is 0 Å². The van der Waals surface area contributed by atoms with Gasteiger partial charge < -0.3 is 10.2 Å². The molecule has 0 bridgehead atoms. The number of hydrogen-bond acceptors (Lipinski definition) is 3. The largest absolute Gasteiger partial charge is 0.339 e. The zero-order chi connectivity index (χ0) is 14.9. The predicted octanol–water partition coefficient (Wildman–Crippen LogP) is 1.75. The molecule has 4 nitrogen and oxygen atoms in total. The molecule has 0 aromatic heterocycles. The Morgan fingerprint density at radius 2 is 1.89 bits per heavy atom. The Hall–Kier alpha value is -0.610. The van der Waals surface area contributed by atoms with Gasteiger partial charge in [0.25, 0.3) is 0 Å². The van der Waals surface area contributed by atoms with Gasteiger partial charge in [-0.05, 0) is 48.0 Å². The summed E-state index contributed by atoms with van der Waals surface area (Å²) >= 11 is 0. The lowest BCUT2D eigenvalue weighted by molar-refractivity contribution is -0.143. The molecule has 1 rings (SSSR count). The second-order valence-electron chi connectivity index (χ2n) is 7.64. The summed E-state index contributed by atoms with van der Waals surface area (Å²) in [7, 11) is 0. The van der Waals surface area contributed by atoms with Gasteiger partial charge in [0.15, 0.2) is 0 Å². The van der Waals surface area contributed by atoms with Crippen LogP contribution in [-0.4, -0.2) is 47.1 Å². The summed E-state index contributed by atoms with van der Waals surface area (Å²) in [5.74, 6) is 0.211. The van der Waals surface area contributed by atoms with E-state index in [0.29, 0.717) is 0 Å². The van der Waals surface area contributed by atoms with E-state index in [1.807, 2.05) is 18.7 Å². The molecule has 1 atom stereocenters. The van der Waals surface area contributed by atoms with Crippen molar-refractivity contribution in [2.24, 2.45) is 0 Å². The summed E-state index contributed by atoms with van der Waals surface area (Å²) in [6, 6.07) is 0. The van der Waals surface area contributed by atoms with Crippen molar-refractivity contribution in [3.8, 4) is 0 Å². The van der Waals surface area contributed by atoms with Crippen molar-refractivity contribution in [3.05, 3.63) is 0 Å². The quantitative estimate of drug-likeness (QED) is 0.817. The van der Waals surface area contributed by atoms with Gasteiger partial charge >= 0.3 is 0 Å². The monoisotopic (exact) mass is 269 g/mol. The van der Waals surface area contributed by atoms with E-state index in [1.165, 1.54) is 0 Å². The molecule has 1 heterocycles. The van der Waals surface area contributed by atoms with Gasteiger partial charge in [-0.2, -0.15) is 0 Å². The number of amides is 1. The van der Waals surface area contributed by atoms with Crippen molar-refractivity contribution in [1.29, 1.82) is 0 Å². The molecule has 2 N–H and O–H groups in total. The lowest BCUT2D eigenvalue weighted by Crippen LogP contribution is -2.73. The molecule has 1 aliphatic rings. The summed E-state index contributed by atoms with van der Waals surface area (Å²) in [5.41, 5.74) is -0.479. The molecule has 19 heavy (non-hydrogen) atoms. The van der Waals surface area contributed by atoms with Gasteiger partial charge in [-0.25, -0.2) is 0 Å². The number of nitrogens with one attached hydrogen (secondary N) is 2. The first kappa shape index (κ1) is 16.4. The van der Waals surface area contributed by atoms with Crippen molar-refractivity contribution >= 4 is 5.91 Å². The molecule has 0 aromatic rings. The lowest BCUT2D eigenvalue weighted by Gasteiger charge is -2.49. The molecule has 0 saturated carbocycles. The first-order valence-electron chi connectivity index (χ1n) is 7.33. The SMILES string of the molecule is CCCN1CC(C)(CNC(C)(C)C)NC(C)(C)C1=O. The highest BCUT2D eigenvalue weighted by molar-refractivity contribution is 5.86. The smallest absolute Gasteiger partial charge is 0.242 e. The third-order valence-corrected chi connectivity index (χ3v) is 3.48. The van der Waals surface area contributed by atoms with Crippen LogP contribution >= 0.6 is 0 Å². The third kappa shape index (κ3) is 4.46. The standard InChI is InChI=1S/C15H31N3O/c1-8-9-18-11-15(7,10-16-13(2,3)4)17-14(5,6)12(18)19/h16-17H,8-11H2,1-7H3. The number of piperazine rings is 1. The molecule has 1 fully saturated rings. The normalized spacial score (nSPS) is 27.7. The van der Waals surface area contributed by atoms with Gasteiger partial charge in [0, 0.05) is 30.7 Å². The second kappa shape index (κ2) is 5.41. The van der Waals surface area contributed by atoms with E-state index in [1.54, 1.807) is 0 Å². The van der Waals surface area contributed by atoms with Gasteiger partial charge in [-0.3, -0.25) is 10.1 Å². The van der Waals surface area contributed by atoms with Crippen LogP contribution in [0.4, 0.5) is 0 Å². The fraction of sp³-hybridized carbons (Fsp3) is 0.933. The minimum Gasteiger partial charge on any atom is -0.339 e. The van der Waals surface area contributed by atoms with Crippen LogP contribution in [0.25, 0.3) is 0 Å². The number of rotatable bonds is 4. The van der Waals surface area contributed by atoms with Crippen molar-refractivity contribution in [3.63, 3.8) is 0 Å². The highest BCUT2D eigenvalue weighted by Crippen LogP contribution is 2.23. The Morgan fingerprint density at radius 1 is 1.32 bits per heavy atom. The summed E-state index contributed by atoms with van der Waals surface area (Å²) in [5, 5.41) is 7.07. The maximum absolute atomic E-state index is 12.4. The highest BCUT2D eigenvalue weighted by Gasteiger charge is 2.45. The van der Waals surface area contributed by atoms with Gasteiger partial charge in [0.2, 0.25) is 5.91 Å². The Labute approximate surface area is 118 Å². The van der Waals surface area contributed by atoms with Crippen molar-refractivity contribution in [1.82, 2.24) is 15.5 Å². The van der Waals surface area contributed by atoms with E-state index in [-0.39, 0.29) is 17.0 Å². The van der Waals surface area contributed by atoms with Gasteiger partial charge in [-0.1, -0.05) is 6.92 Å². The molecule has 112 valence electrons. The van der Waals surface area contributed by atoms with Crippen molar-refractivity contribution in [2.75, 3.05) is 19.6 Å². The van der Waals surface area contributed by atoms with Gasteiger partial charge in [-0.15, -0.1) is 0 Å². The van der Waals surface area contributed by atoms with Crippen LogP contribution in [0.3, 0.4) is 0 Å². The molecular weight excluding hydrogens is 238 g/mol. The number of nitrogens with zero attached hydrogens (tertiary/aromatic N) is 1. The van der Waals surface area contributed by atoms with Gasteiger partial charge in [0.05, 0.1) is 5.54 Å². The fourth-order valence-corrected chi connectivity index (χ4v) is 2.75. The minimum absolute atomic E-state index is 0.0835. The predicted molar refractivity (Wildman–Crippen MR) is 80.2 cm³/mol. The Kier molecular flexibility index (Phi) is 4.68. The Balaban J connectivity index is 2.81.